The van der Waals surface area contributed by atoms with Crippen LogP contribution in [-0.2, 0) is 20.8 Å². The van der Waals surface area contributed by atoms with Crippen molar-refractivity contribution in [2.24, 2.45) is 0 Å². The first-order valence-electron chi connectivity index (χ1n) is 14.8. The molecule has 0 saturated carbocycles. The summed E-state index contributed by atoms with van der Waals surface area (Å²) in [6, 6.07) is 8.56. The van der Waals surface area contributed by atoms with Crippen LogP contribution in [0.5, 0.6) is 0 Å². The number of nitrogens with one attached hydrogen (secondary N) is 1. The first kappa shape index (κ1) is 31.3. The quantitative estimate of drug-likeness (QED) is 0.358. The molecule has 5 heterocycles. The van der Waals surface area contributed by atoms with Gasteiger partial charge in [-0.3, -0.25) is 4.79 Å². The second-order valence-electron chi connectivity index (χ2n) is 11.5. The highest BCUT2D eigenvalue weighted by Crippen LogP contribution is 2.37. The molecule has 2 saturated heterocycles. The fraction of sp³-hybridized carbons (Fsp3) is 0.438. The fourth-order valence-electron chi connectivity index (χ4n) is 5.42. The molecule has 3 aliphatic rings. The highest BCUT2D eigenvalue weighted by Gasteiger charge is 2.40. The summed E-state index contributed by atoms with van der Waals surface area (Å²) in [5.74, 6) is -2.33. The molecule has 2 fully saturated rings. The molecule has 0 unspecified atom stereocenters. The maximum absolute atomic E-state index is 14.7. The average molecular weight is 610 g/mol. The van der Waals surface area contributed by atoms with Crippen molar-refractivity contribution in [1.29, 1.82) is 0 Å². The molecule has 0 radical (unpaired) electrons. The number of carbonyl (C=O) groups excluding carboxylic acids is 2. The van der Waals surface area contributed by atoms with Gasteiger partial charge in [-0.1, -0.05) is 19.9 Å². The first-order valence-corrected chi connectivity index (χ1v) is 14.8. The number of aromatic nitrogens is 2. The van der Waals surface area contributed by atoms with Crippen molar-refractivity contribution in [3.8, 4) is 11.3 Å². The number of imide groups is 1. The maximum Gasteiger partial charge on any atom is 0.417 e. The van der Waals surface area contributed by atoms with E-state index in [2.05, 4.69) is 20.2 Å². The monoisotopic (exact) mass is 609 g/mol. The minimum absolute atomic E-state index is 0.0269. The van der Waals surface area contributed by atoms with E-state index in [1.165, 1.54) is 12.1 Å². The number of ether oxygens (including phenoxy) is 3. The number of piperidine rings is 1. The molecular weight excluding hydrogens is 572 g/mol. The van der Waals surface area contributed by atoms with E-state index in [1.54, 1.807) is 33.0 Å². The van der Waals surface area contributed by atoms with Crippen LogP contribution in [0.1, 0.15) is 63.5 Å². The number of anilines is 3. The predicted octanol–water partition coefficient (Wildman–Crippen LogP) is 6.43. The second-order valence-corrected chi connectivity index (χ2v) is 11.5. The molecule has 2 amide bonds. The maximum atomic E-state index is 14.7. The highest BCUT2D eigenvalue weighted by atomic mass is 19.1. The molecular formula is C32H37F2N5O5. The molecule has 1 N–H and O–H groups in total. The van der Waals surface area contributed by atoms with E-state index in [-0.39, 0.29) is 34.7 Å². The Morgan fingerprint density at radius 1 is 1.02 bits per heavy atom. The van der Waals surface area contributed by atoms with Gasteiger partial charge in [-0.25, -0.2) is 28.4 Å². The molecule has 3 aliphatic heterocycles. The molecule has 3 aromatic rings. The van der Waals surface area contributed by atoms with Gasteiger partial charge in [0, 0.05) is 25.9 Å². The van der Waals surface area contributed by atoms with Crippen LogP contribution in [-0.4, -0.2) is 64.6 Å². The SMILES string of the molecule is CC.CC(C)(C)OC(=O)N1Cc2nc(-c3c(F)cccc3F)cc(Nc3ccc(N4CCC5(CC4)OCCO5)cn3)c2C1=O. The first-order chi connectivity index (χ1) is 21.0. The molecule has 6 rings (SSSR count). The number of hydrogen-bond acceptors (Lipinski definition) is 9. The van der Waals surface area contributed by atoms with Crippen LogP contribution in [0.2, 0.25) is 0 Å². The molecule has 0 aliphatic carbocycles. The number of pyridine rings is 2. The van der Waals surface area contributed by atoms with Gasteiger partial charge in [0.2, 0.25) is 0 Å². The van der Waals surface area contributed by atoms with Crippen molar-refractivity contribution in [3.05, 3.63) is 65.5 Å². The van der Waals surface area contributed by atoms with Gasteiger partial charge in [0.1, 0.15) is 23.1 Å². The lowest BCUT2D eigenvalue weighted by molar-refractivity contribution is -0.169. The third-order valence-electron chi connectivity index (χ3n) is 7.41. The van der Waals surface area contributed by atoms with Crippen molar-refractivity contribution in [1.82, 2.24) is 14.9 Å². The molecule has 2 aromatic heterocycles. The molecule has 1 spiro atoms. The minimum Gasteiger partial charge on any atom is -0.443 e. The summed E-state index contributed by atoms with van der Waals surface area (Å²) in [5.41, 5.74) is 0.210. The standard InChI is InChI=1S/C30H31F2N5O5.C2H6/c1-29(2,3)42-28(39)37-17-23-26(27(37)38)22(15-21(34-23)25-19(31)5-4-6-20(25)32)35-24-8-7-18(16-33-24)36-11-9-30(10-12-36)40-13-14-41-30;1-2/h4-8,15-16H,9-14,17H2,1-3H3,(H,33,34,35);1-2H3. The van der Waals surface area contributed by atoms with Crippen LogP contribution in [0.3, 0.4) is 0 Å². The van der Waals surface area contributed by atoms with Crippen molar-refractivity contribution < 1.29 is 32.6 Å². The molecule has 12 heteroatoms. The third kappa shape index (κ3) is 6.36. The Hall–Kier alpha value is -4.16. The van der Waals surface area contributed by atoms with E-state index in [9.17, 15) is 18.4 Å². The number of rotatable bonds is 4. The van der Waals surface area contributed by atoms with E-state index in [0.717, 1.165) is 48.7 Å². The van der Waals surface area contributed by atoms with E-state index < -0.39 is 35.0 Å². The zero-order valence-corrected chi connectivity index (χ0v) is 25.6. The van der Waals surface area contributed by atoms with Crippen LogP contribution >= 0.6 is 0 Å². The van der Waals surface area contributed by atoms with E-state index in [0.29, 0.717) is 19.0 Å². The van der Waals surface area contributed by atoms with Crippen molar-refractivity contribution in [2.45, 2.75) is 65.4 Å². The van der Waals surface area contributed by atoms with Crippen LogP contribution < -0.4 is 10.2 Å². The molecule has 234 valence electrons. The molecule has 10 nitrogen and oxygen atoms in total. The van der Waals surface area contributed by atoms with Gasteiger partial charge < -0.3 is 24.4 Å². The second kappa shape index (κ2) is 12.4. The summed E-state index contributed by atoms with van der Waals surface area (Å²) in [6.45, 7) is 11.6. The van der Waals surface area contributed by atoms with Gasteiger partial charge >= 0.3 is 6.09 Å². The van der Waals surface area contributed by atoms with Crippen LogP contribution in [0.4, 0.5) is 30.8 Å². The predicted molar refractivity (Wildman–Crippen MR) is 161 cm³/mol. The number of carbonyl (C=O) groups is 2. The number of hydrogen-bond donors (Lipinski definition) is 1. The molecule has 44 heavy (non-hydrogen) atoms. The Bertz CT molecular complexity index is 1510. The molecule has 0 atom stereocenters. The summed E-state index contributed by atoms with van der Waals surface area (Å²) < 4.78 is 46.5. The lowest BCUT2D eigenvalue weighted by Crippen LogP contribution is -2.45. The highest BCUT2D eigenvalue weighted by molar-refractivity contribution is 6.10. The normalized spacial score (nSPS) is 17.3. The van der Waals surface area contributed by atoms with Crippen LogP contribution in [0.25, 0.3) is 11.3 Å². The number of nitrogens with zero attached hydrogens (tertiary/aromatic N) is 4. The summed E-state index contributed by atoms with van der Waals surface area (Å²) in [4.78, 5) is 38.3. The van der Waals surface area contributed by atoms with Gasteiger partial charge in [0.15, 0.2) is 5.79 Å². The lowest BCUT2D eigenvalue weighted by atomic mass is 10.0. The van der Waals surface area contributed by atoms with Crippen LogP contribution in [0, 0.1) is 11.6 Å². The zero-order chi connectivity index (χ0) is 31.6. The Balaban J connectivity index is 0.00000188. The number of benzene rings is 1. The summed E-state index contributed by atoms with van der Waals surface area (Å²) in [6.07, 6.45) is 2.38. The number of amides is 2. The largest absolute Gasteiger partial charge is 0.443 e. The van der Waals surface area contributed by atoms with Crippen molar-refractivity contribution >= 4 is 29.2 Å². The number of fused-ring (bicyclic) bond motifs is 1. The van der Waals surface area contributed by atoms with Gasteiger partial charge in [-0.15, -0.1) is 0 Å². The molecule has 1 aromatic carbocycles. The smallest absolute Gasteiger partial charge is 0.417 e. The van der Waals surface area contributed by atoms with E-state index >= 15 is 0 Å². The zero-order valence-electron chi connectivity index (χ0n) is 25.6. The molecule has 0 bridgehead atoms. The topological polar surface area (TPSA) is 106 Å². The van der Waals surface area contributed by atoms with Crippen molar-refractivity contribution in [2.75, 3.05) is 36.5 Å². The number of halogens is 2. The fourth-order valence-corrected chi connectivity index (χ4v) is 5.42. The Morgan fingerprint density at radius 2 is 1.68 bits per heavy atom. The Morgan fingerprint density at radius 3 is 2.27 bits per heavy atom. The summed E-state index contributed by atoms with van der Waals surface area (Å²) >= 11 is 0. The summed E-state index contributed by atoms with van der Waals surface area (Å²) in [5, 5.41) is 3.11. The van der Waals surface area contributed by atoms with Crippen LogP contribution in [0.15, 0.2) is 42.6 Å². The van der Waals surface area contributed by atoms with Crippen molar-refractivity contribution in [3.63, 3.8) is 0 Å². The summed E-state index contributed by atoms with van der Waals surface area (Å²) in [7, 11) is 0. The van der Waals surface area contributed by atoms with E-state index in [4.69, 9.17) is 14.2 Å². The minimum atomic E-state index is -0.839. The Kier molecular flexibility index (Phi) is 8.85. The average Bonchev–Trinajstić information content (AvgIpc) is 3.58. The van der Waals surface area contributed by atoms with Gasteiger partial charge in [-0.2, -0.15) is 0 Å². The van der Waals surface area contributed by atoms with Gasteiger partial charge in [0.25, 0.3) is 5.91 Å². The van der Waals surface area contributed by atoms with Gasteiger partial charge in [-0.05, 0) is 51.1 Å². The Labute approximate surface area is 255 Å². The third-order valence-corrected chi connectivity index (χ3v) is 7.41. The van der Waals surface area contributed by atoms with Gasteiger partial charge in [0.05, 0.1) is 59.8 Å². The van der Waals surface area contributed by atoms with E-state index in [1.807, 2.05) is 19.9 Å². The lowest BCUT2D eigenvalue weighted by Gasteiger charge is -2.38.